The van der Waals surface area contributed by atoms with Crippen molar-refractivity contribution in [3.05, 3.63) is 36.0 Å². The monoisotopic (exact) mass is 321 g/mol. The number of benzene rings is 1. The number of rotatable bonds is 4. The van der Waals surface area contributed by atoms with Gasteiger partial charge in [-0.3, -0.25) is 9.78 Å². The zero-order valence-electron chi connectivity index (χ0n) is 13.1. The first kappa shape index (κ1) is 16.4. The van der Waals surface area contributed by atoms with Crippen molar-refractivity contribution in [2.45, 2.75) is 11.8 Å². The number of aryl methyl sites for hydroxylation is 1. The molecule has 2 aromatic rings. The molecule has 0 spiro atoms. The Balaban J connectivity index is 2.51. The Morgan fingerprint density at radius 1 is 1.18 bits per heavy atom. The van der Waals surface area contributed by atoms with E-state index in [-0.39, 0.29) is 17.3 Å². The second kappa shape index (κ2) is 6.02. The molecule has 1 amide bonds. The number of carbonyl (C=O) groups is 1. The van der Waals surface area contributed by atoms with Crippen molar-refractivity contribution in [3.63, 3.8) is 0 Å². The lowest BCUT2D eigenvalue weighted by atomic mass is 10.1. The summed E-state index contributed by atoms with van der Waals surface area (Å²) in [5.41, 5.74) is 1.55. The van der Waals surface area contributed by atoms with Gasteiger partial charge in [-0.05, 0) is 30.7 Å². The van der Waals surface area contributed by atoms with Crippen molar-refractivity contribution in [2.75, 3.05) is 27.7 Å². The molecule has 0 saturated heterocycles. The molecule has 1 heterocycles. The highest BCUT2D eigenvalue weighted by atomic mass is 32.2. The third kappa shape index (κ3) is 2.95. The molecule has 0 aliphatic rings. The van der Waals surface area contributed by atoms with Crippen LogP contribution < -0.4 is 0 Å². The smallest absolute Gasteiger partial charge is 0.243 e. The molecular weight excluding hydrogens is 302 g/mol. The van der Waals surface area contributed by atoms with Gasteiger partial charge in [0.1, 0.15) is 0 Å². The maximum atomic E-state index is 12.7. The number of likely N-dealkylation sites (N-methyl/N-ethyl adjacent to an activating group) is 2. The number of nitrogens with zero attached hydrogens (tertiary/aromatic N) is 3. The topological polar surface area (TPSA) is 70.6 Å². The van der Waals surface area contributed by atoms with Gasteiger partial charge in [0.2, 0.25) is 15.9 Å². The van der Waals surface area contributed by atoms with E-state index >= 15 is 0 Å². The number of amides is 1. The van der Waals surface area contributed by atoms with Gasteiger partial charge in [-0.15, -0.1) is 0 Å². The molecule has 0 N–H and O–H groups in total. The molecule has 0 aliphatic carbocycles. The lowest BCUT2D eigenvalue weighted by Gasteiger charge is -2.20. The van der Waals surface area contributed by atoms with Gasteiger partial charge in [-0.1, -0.05) is 6.07 Å². The average Bonchev–Trinajstić information content (AvgIpc) is 2.47. The van der Waals surface area contributed by atoms with Crippen LogP contribution in [-0.2, 0) is 14.8 Å². The summed E-state index contributed by atoms with van der Waals surface area (Å²) in [6.45, 7) is 1.68. The standard InChI is InChI=1S/C15H19N3O3S/c1-11-7-8-13(12-6-5-9-16-15(11)12)22(20,21)18(4)10-14(19)17(2)3/h5-9H,10H2,1-4H3. The predicted molar refractivity (Wildman–Crippen MR) is 85.0 cm³/mol. The van der Waals surface area contributed by atoms with Gasteiger partial charge in [0.05, 0.1) is 17.0 Å². The molecule has 0 atom stereocenters. The number of carbonyl (C=O) groups excluding carboxylic acids is 1. The summed E-state index contributed by atoms with van der Waals surface area (Å²) in [5.74, 6) is -0.277. The first-order valence-corrected chi connectivity index (χ1v) is 8.20. The van der Waals surface area contributed by atoms with Crippen molar-refractivity contribution in [2.24, 2.45) is 0 Å². The van der Waals surface area contributed by atoms with E-state index in [0.29, 0.717) is 10.9 Å². The molecule has 2 rings (SSSR count). The van der Waals surface area contributed by atoms with Crippen LogP contribution in [0, 0.1) is 6.92 Å². The van der Waals surface area contributed by atoms with E-state index in [0.717, 1.165) is 9.87 Å². The van der Waals surface area contributed by atoms with Crippen LogP contribution >= 0.6 is 0 Å². The van der Waals surface area contributed by atoms with Crippen molar-refractivity contribution in [3.8, 4) is 0 Å². The van der Waals surface area contributed by atoms with Gasteiger partial charge >= 0.3 is 0 Å². The number of sulfonamides is 1. The highest BCUT2D eigenvalue weighted by molar-refractivity contribution is 7.89. The Morgan fingerprint density at radius 2 is 1.86 bits per heavy atom. The van der Waals surface area contributed by atoms with E-state index in [1.165, 1.54) is 11.9 Å². The van der Waals surface area contributed by atoms with Crippen LogP contribution in [0.4, 0.5) is 0 Å². The number of aromatic nitrogens is 1. The molecule has 0 aliphatic heterocycles. The molecular formula is C15H19N3O3S. The van der Waals surface area contributed by atoms with E-state index in [1.807, 2.05) is 6.92 Å². The highest BCUT2D eigenvalue weighted by Crippen LogP contribution is 2.26. The number of hydrogen-bond acceptors (Lipinski definition) is 4. The fraction of sp³-hybridized carbons (Fsp3) is 0.333. The molecule has 0 saturated carbocycles. The van der Waals surface area contributed by atoms with Crippen LogP contribution in [0.1, 0.15) is 5.56 Å². The highest BCUT2D eigenvalue weighted by Gasteiger charge is 2.25. The molecule has 0 fully saturated rings. The number of hydrogen-bond donors (Lipinski definition) is 0. The number of fused-ring (bicyclic) bond motifs is 1. The Labute approximate surface area is 130 Å². The third-order valence-corrected chi connectivity index (χ3v) is 5.34. The largest absolute Gasteiger partial charge is 0.348 e. The molecule has 0 unspecified atom stereocenters. The Morgan fingerprint density at radius 3 is 2.50 bits per heavy atom. The van der Waals surface area contributed by atoms with Crippen molar-refractivity contribution in [1.29, 1.82) is 0 Å². The summed E-state index contributed by atoms with van der Waals surface area (Å²) in [7, 11) is 0.819. The van der Waals surface area contributed by atoms with Gasteiger partial charge in [0.15, 0.2) is 0 Å². The van der Waals surface area contributed by atoms with Crippen LogP contribution in [0.25, 0.3) is 10.9 Å². The van der Waals surface area contributed by atoms with Gasteiger partial charge in [0, 0.05) is 32.7 Å². The molecule has 0 radical (unpaired) electrons. The molecule has 7 heteroatoms. The summed E-state index contributed by atoms with van der Waals surface area (Å²) in [6, 6.07) is 6.71. The quantitative estimate of drug-likeness (QED) is 0.850. The third-order valence-electron chi connectivity index (χ3n) is 3.48. The lowest BCUT2D eigenvalue weighted by molar-refractivity contribution is -0.128. The molecule has 0 bridgehead atoms. The summed E-state index contributed by atoms with van der Waals surface area (Å²) < 4.78 is 26.5. The second-order valence-electron chi connectivity index (χ2n) is 5.33. The van der Waals surface area contributed by atoms with Crippen molar-refractivity contribution in [1.82, 2.24) is 14.2 Å². The second-order valence-corrected chi connectivity index (χ2v) is 7.34. The molecule has 118 valence electrons. The minimum absolute atomic E-state index is 0.162. The van der Waals surface area contributed by atoms with E-state index in [2.05, 4.69) is 4.98 Å². The number of pyridine rings is 1. The van der Waals surface area contributed by atoms with Gasteiger partial charge < -0.3 is 4.90 Å². The first-order valence-electron chi connectivity index (χ1n) is 6.76. The summed E-state index contributed by atoms with van der Waals surface area (Å²) in [4.78, 5) is 17.5. The van der Waals surface area contributed by atoms with E-state index < -0.39 is 10.0 Å². The van der Waals surface area contributed by atoms with Crippen LogP contribution in [0.2, 0.25) is 0 Å². The minimum atomic E-state index is -3.77. The molecule has 22 heavy (non-hydrogen) atoms. The predicted octanol–water partition coefficient (Wildman–Crippen LogP) is 1.25. The molecule has 1 aromatic carbocycles. The zero-order chi connectivity index (χ0) is 16.5. The Bertz CT molecular complexity index is 816. The maximum absolute atomic E-state index is 12.7. The maximum Gasteiger partial charge on any atom is 0.243 e. The Hall–Kier alpha value is -1.99. The Kier molecular flexibility index (Phi) is 4.48. The summed E-state index contributed by atoms with van der Waals surface area (Å²) in [6.07, 6.45) is 1.63. The minimum Gasteiger partial charge on any atom is -0.348 e. The first-order chi connectivity index (χ1) is 10.2. The van der Waals surface area contributed by atoms with Crippen molar-refractivity contribution < 1.29 is 13.2 Å². The van der Waals surface area contributed by atoms with Crippen LogP contribution in [0.15, 0.2) is 35.4 Å². The van der Waals surface area contributed by atoms with Crippen LogP contribution in [-0.4, -0.2) is 56.2 Å². The zero-order valence-corrected chi connectivity index (χ0v) is 13.9. The molecule has 6 nitrogen and oxygen atoms in total. The fourth-order valence-electron chi connectivity index (χ4n) is 2.10. The van der Waals surface area contributed by atoms with Crippen LogP contribution in [0.3, 0.4) is 0 Å². The average molecular weight is 321 g/mol. The summed E-state index contributed by atoms with van der Waals surface area (Å²) >= 11 is 0. The SMILES string of the molecule is Cc1ccc(S(=O)(=O)N(C)CC(=O)N(C)C)c2cccnc12. The van der Waals surface area contributed by atoms with Gasteiger partial charge in [-0.2, -0.15) is 4.31 Å². The van der Waals surface area contributed by atoms with Crippen LogP contribution in [0.5, 0.6) is 0 Å². The molecule has 1 aromatic heterocycles. The van der Waals surface area contributed by atoms with Gasteiger partial charge in [-0.25, -0.2) is 8.42 Å². The van der Waals surface area contributed by atoms with E-state index in [1.54, 1.807) is 44.6 Å². The van der Waals surface area contributed by atoms with Crippen molar-refractivity contribution >= 4 is 26.8 Å². The summed E-state index contributed by atoms with van der Waals surface area (Å²) in [5, 5.41) is 0.562. The van der Waals surface area contributed by atoms with Gasteiger partial charge in [0.25, 0.3) is 0 Å². The van der Waals surface area contributed by atoms with E-state index in [9.17, 15) is 13.2 Å². The fourth-order valence-corrected chi connectivity index (χ4v) is 3.40. The normalized spacial score (nSPS) is 11.9. The lowest BCUT2D eigenvalue weighted by Crippen LogP contribution is -2.37. The van der Waals surface area contributed by atoms with E-state index in [4.69, 9.17) is 0 Å².